The van der Waals surface area contributed by atoms with Gasteiger partial charge in [-0.25, -0.2) is 4.98 Å². The molecule has 3 aliphatic rings. The van der Waals surface area contributed by atoms with Crippen molar-refractivity contribution >= 4 is 140 Å². The van der Waals surface area contributed by atoms with Crippen LogP contribution in [0.25, 0.3) is 21.8 Å². The Morgan fingerprint density at radius 3 is 1.71 bits per heavy atom. The Labute approximate surface area is 791 Å². The number of nitrogens with one attached hydrogen (secondary N) is 15. The van der Waals surface area contributed by atoms with Crippen molar-refractivity contribution < 1.29 is 91.7 Å². The van der Waals surface area contributed by atoms with E-state index in [1.165, 1.54) is 40.6 Å². The fourth-order valence-electron chi connectivity index (χ4n) is 17.0. The van der Waals surface area contributed by atoms with Crippen LogP contribution in [-0.2, 0) is 107 Å². The van der Waals surface area contributed by atoms with Crippen LogP contribution in [0.1, 0.15) is 146 Å². The van der Waals surface area contributed by atoms with E-state index >= 15 is 38.4 Å². The quantitative estimate of drug-likeness (QED) is 0.0154. The Morgan fingerprint density at radius 2 is 1.11 bits per heavy atom. The number of nitrogens with two attached hydrogens (primary N) is 3. The molecule has 0 spiro atoms. The summed E-state index contributed by atoms with van der Waals surface area (Å²) < 4.78 is 0. The highest BCUT2D eigenvalue weighted by molar-refractivity contribution is 8.00. The number of unbranched alkanes of at least 4 members (excludes halogenated alkanes) is 2. The van der Waals surface area contributed by atoms with Gasteiger partial charge in [0.25, 0.3) is 0 Å². The number of guanidine groups is 1. The summed E-state index contributed by atoms with van der Waals surface area (Å²) in [6.45, 7) is 7.91. The van der Waals surface area contributed by atoms with Crippen LogP contribution in [0, 0.1) is 18.3 Å². The molecule has 3 saturated heterocycles. The number of carbonyl (C=O) groups is 17. The number of carbonyl (C=O) groups excluding carboxylic acids is 17. The summed E-state index contributed by atoms with van der Waals surface area (Å²) in [6.07, 6.45) is 3.93. The number of aryl methyl sites for hydroxylation is 1. The van der Waals surface area contributed by atoms with Crippen molar-refractivity contribution in [3.05, 3.63) is 126 Å². The molecule has 6 heterocycles. The minimum atomic E-state index is -1.89. The highest BCUT2D eigenvalue weighted by atomic mass is 32.2. The molecule has 738 valence electrons. The first-order valence-corrected chi connectivity index (χ1v) is 47.0. The lowest BCUT2D eigenvalue weighted by Crippen LogP contribution is -2.62. The molecule has 6 aromatic rings. The number of aromatic amines is 3. The lowest BCUT2D eigenvalue weighted by molar-refractivity contribution is -0.149. The van der Waals surface area contributed by atoms with Crippen LogP contribution >= 0.6 is 11.8 Å². The number of H-pyrrole nitrogens is 3. The number of amides is 17. The number of rotatable bonds is 26. The molecule has 0 unspecified atom stereocenters. The fraction of sp³-hybridized carbons (Fsp3) is 0.533. The Hall–Kier alpha value is -13.5. The Morgan fingerprint density at radius 1 is 0.559 bits per heavy atom. The van der Waals surface area contributed by atoms with Gasteiger partial charge in [0.1, 0.15) is 84.6 Å². The van der Waals surface area contributed by atoms with Gasteiger partial charge in [0.2, 0.25) is 100 Å². The van der Waals surface area contributed by atoms with Gasteiger partial charge >= 0.3 is 0 Å². The molecule has 15 atom stereocenters. The Balaban J connectivity index is 1.10. The van der Waals surface area contributed by atoms with Gasteiger partial charge in [0.05, 0.1) is 37.8 Å². The molecule has 0 radical (unpaired) electrons. The molecular formula is C92H130N24O19S. The van der Waals surface area contributed by atoms with Crippen molar-refractivity contribution in [1.82, 2.24) is 103 Å². The number of imidazole rings is 1. The molecule has 136 heavy (non-hydrogen) atoms. The van der Waals surface area contributed by atoms with E-state index in [0.717, 1.165) is 41.8 Å². The van der Waals surface area contributed by atoms with E-state index in [4.69, 9.17) is 22.6 Å². The minimum absolute atomic E-state index is 0.00464. The highest BCUT2D eigenvalue weighted by Crippen LogP contribution is 2.28. The lowest BCUT2D eigenvalue weighted by atomic mass is 10.00. The maximum absolute atomic E-state index is 15.8. The van der Waals surface area contributed by atoms with Crippen molar-refractivity contribution in [2.75, 3.05) is 65.4 Å². The first kappa shape index (κ1) is 106. The molecule has 3 fully saturated rings. The number of primary amides is 2. The number of aromatic nitrogens is 4. The summed E-state index contributed by atoms with van der Waals surface area (Å²) in [5.74, 6) is -17.5. The van der Waals surface area contributed by atoms with Gasteiger partial charge < -0.3 is 125 Å². The predicted octanol–water partition coefficient (Wildman–Crippen LogP) is -2.33. The van der Waals surface area contributed by atoms with Crippen molar-refractivity contribution in [2.45, 2.75) is 241 Å². The molecular weight excluding hydrogens is 1780 g/mol. The van der Waals surface area contributed by atoms with Crippen molar-refractivity contribution in [3.8, 4) is 0 Å². The molecule has 3 aliphatic heterocycles. The van der Waals surface area contributed by atoms with E-state index in [0.29, 0.717) is 69.9 Å². The van der Waals surface area contributed by atoms with Gasteiger partial charge in [-0.3, -0.25) is 86.9 Å². The average Bonchev–Trinajstić information content (AvgIpc) is 1.61. The van der Waals surface area contributed by atoms with E-state index < -0.39 is 235 Å². The van der Waals surface area contributed by atoms with Crippen LogP contribution < -0.4 is 75.7 Å². The highest BCUT2D eigenvalue weighted by Gasteiger charge is 2.47. The van der Waals surface area contributed by atoms with Crippen molar-refractivity contribution in [3.63, 3.8) is 0 Å². The van der Waals surface area contributed by atoms with Gasteiger partial charge in [-0.2, -0.15) is 0 Å². The number of fused-ring (bicyclic) bond motifs is 4. The number of benzene rings is 3. The van der Waals surface area contributed by atoms with Crippen LogP contribution in [0.4, 0.5) is 0 Å². The van der Waals surface area contributed by atoms with Crippen LogP contribution in [0.5, 0.6) is 0 Å². The zero-order chi connectivity index (χ0) is 99.3. The number of likely N-dealkylation sites (N-methyl/N-ethyl adjacent to an activating group) is 3. The SMILES string of the molecule is CCCC[C@H]1C(=O)N(C)[C@@H](CCCC)C(=O)N[C@@H](CCCNC(=N)N)C(=O)N[C@H](C(=O)NCC(N)=O)CSCC(=O)N[C@@H](Cc2cccc(C)c2)C(=O)N(C)[C@@H](C)C(=O)N[C@@H](CC(N)=O)C(=O)N2CCC[C@H]2C(=O)N[C@@H](Cc2cnc[nH]2)C(=O)N[C@@H](CC(C)C)C(=O)N2C[C@H](O)C[C@H]2C(=O)N[C@@H](Cc2c[nH]c3ccccc23)C(=O)N[C@@H](CO)C(=O)N[C@@H](Cc2c[nH]c3ccccc23)C(=O)N1C. The largest absolute Gasteiger partial charge is 0.394 e. The van der Waals surface area contributed by atoms with Gasteiger partial charge in [0.15, 0.2) is 5.96 Å². The van der Waals surface area contributed by atoms with Crippen LogP contribution in [0.2, 0.25) is 0 Å². The van der Waals surface area contributed by atoms with E-state index in [2.05, 4.69) is 78.4 Å². The zero-order valence-electron chi connectivity index (χ0n) is 78.1. The number of para-hydroxylation sites is 2. The van der Waals surface area contributed by atoms with E-state index in [9.17, 15) is 53.4 Å². The van der Waals surface area contributed by atoms with Crippen LogP contribution in [0.3, 0.4) is 0 Å². The topological polar surface area (TPSA) is 641 Å². The number of hydrogen-bond donors (Lipinski definition) is 20. The van der Waals surface area contributed by atoms with Gasteiger partial charge in [-0.1, -0.05) is 120 Å². The van der Waals surface area contributed by atoms with Crippen molar-refractivity contribution in [2.24, 2.45) is 23.1 Å². The van der Waals surface area contributed by atoms with Gasteiger partial charge in [0, 0.05) is 125 Å². The first-order chi connectivity index (χ1) is 64.8. The molecule has 9 rings (SSSR count). The average molecular weight is 1910 g/mol. The third-order valence-electron chi connectivity index (χ3n) is 24.5. The van der Waals surface area contributed by atoms with Crippen molar-refractivity contribution in [1.29, 1.82) is 5.41 Å². The van der Waals surface area contributed by atoms with E-state index in [1.807, 2.05) is 13.8 Å². The van der Waals surface area contributed by atoms with Crippen LogP contribution in [-0.4, -0.2) is 317 Å². The second-order valence-corrected chi connectivity index (χ2v) is 36.3. The normalized spacial score (nSPS) is 24.7. The van der Waals surface area contributed by atoms with Gasteiger partial charge in [-0.05, 0) is 93.5 Å². The maximum atomic E-state index is 15.8. The maximum Gasteiger partial charge on any atom is 0.246 e. The summed E-state index contributed by atoms with van der Waals surface area (Å²) in [4.78, 5) is 270. The molecule has 44 heteroatoms. The monoisotopic (exact) mass is 1910 g/mol. The number of hydrogen-bond acceptors (Lipinski definition) is 22. The molecule has 43 nitrogen and oxygen atoms in total. The lowest BCUT2D eigenvalue weighted by Gasteiger charge is -2.36. The summed E-state index contributed by atoms with van der Waals surface area (Å²) >= 11 is 0.794. The van der Waals surface area contributed by atoms with Crippen LogP contribution in [0.15, 0.2) is 97.7 Å². The summed E-state index contributed by atoms with van der Waals surface area (Å²) in [5.41, 5.74) is 20.8. The predicted molar refractivity (Wildman–Crippen MR) is 503 cm³/mol. The Kier molecular flexibility index (Phi) is 39.6. The molecule has 23 N–H and O–H groups in total. The van der Waals surface area contributed by atoms with Gasteiger partial charge in [-0.15, -0.1) is 11.8 Å². The second-order valence-electron chi connectivity index (χ2n) is 35.3. The standard InChI is InChI=1S/C92H130N24O19S/c1-10-12-28-71-84(128)104-62(27-19-31-98-92(95)96)80(124)111-70(79(123)101-44-76(94)120)47-136-48-77(121)103-66(35-53-22-18-21-51(5)34-53)87(131)112(7)52(6)78(122)107-68(40-75(93)119)89(133)115-32-20-30-72(115)85(129)106-64(38-56-43-97-49-102-56)82(126)108-65(33-50(3)4)90(134)116-45-57(118)39-74(116)86(130)105-63(36-54-41-99-60-25-16-14-23-58(54)60)81(125)110-69(46-117)83(127)109-67(37-55-42-100-61-26-17-15-24-59(55)61)88(132)114(9)73(29-13-11-2)91(135)113(71)8/h14-18,21-26,34,41-43,49-50,52,57,62-74,99-100,117-118H,10-13,19-20,27-33,35-40,44-48H2,1-9H3,(H2,93,119)(H2,94,120)(H,97,102)(H,101,123)(H,103,121)(H,104,128)(H,105,130)(H,106,129)(H,107,122)(H,108,126)(H,109,127)(H,110,125)(H,111,124)(H4,95,96,98)/t52-,57+,62-,63-,64-,65-,66-,67-,68-,69-,70-,71-,72-,73-,74-/m0/s1. The second kappa shape index (κ2) is 50.7. The summed E-state index contributed by atoms with van der Waals surface area (Å²) in [7, 11) is 3.96. The third kappa shape index (κ3) is 29.5. The molecule has 17 amide bonds. The molecule has 0 aliphatic carbocycles. The van der Waals surface area contributed by atoms with E-state index in [1.54, 1.807) is 106 Å². The minimum Gasteiger partial charge on any atom is -0.394 e. The molecule has 0 bridgehead atoms. The smallest absolute Gasteiger partial charge is 0.246 e. The fourth-order valence-corrected chi connectivity index (χ4v) is 17.9. The van der Waals surface area contributed by atoms with E-state index in [-0.39, 0.29) is 96.1 Å². The molecule has 3 aromatic carbocycles. The number of aliphatic hydroxyl groups excluding tert-OH is 2. The first-order valence-electron chi connectivity index (χ1n) is 45.8. The number of thioether (sulfide) groups is 1. The third-order valence-corrected chi connectivity index (χ3v) is 25.5. The number of aliphatic hydroxyl groups is 2. The molecule has 3 aromatic heterocycles. The number of nitrogens with zero attached hydrogens (tertiary/aromatic N) is 6. The Bertz CT molecular complexity index is 5260. The molecule has 0 saturated carbocycles. The zero-order valence-corrected chi connectivity index (χ0v) is 78.9. The summed E-state index contributed by atoms with van der Waals surface area (Å²) in [6, 6.07) is -0.592. The summed E-state index contributed by atoms with van der Waals surface area (Å²) in [5, 5.41) is 61.1.